The standard InChI is InChI=1S/C13H10N2O5S/c1-20-10-4-2-3-5-11(10)21-12-9(13(16)17)6-8(7-14-12)15(18)19/h2-7H,1H3,(H,16,17). The highest BCUT2D eigenvalue weighted by atomic mass is 32.2. The van der Waals surface area contributed by atoms with Crippen LogP contribution in [-0.2, 0) is 0 Å². The molecule has 0 aliphatic heterocycles. The SMILES string of the molecule is COc1ccccc1Sc1ncc([N+](=O)[O-])cc1C(=O)O. The number of methoxy groups -OCH3 is 1. The second-order valence-corrected chi connectivity index (χ2v) is 4.89. The summed E-state index contributed by atoms with van der Waals surface area (Å²) < 4.78 is 5.18. The fourth-order valence-electron chi connectivity index (χ4n) is 1.58. The van der Waals surface area contributed by atoms with Crippen molar-refractivity contribution in [3.05, 3.63) is 52.2 Å². The van der Waals surface area contributed by atoms with E-state index in [1.54, 1.807) is 24.3 Å². The first-order valence-electron chi connectivity index (χ1n) is 5.71. The molecule has 0 saturated heterocycles. The Morgan fingerprint density at radius 3 is 2.76 bits per heavy atom. The van der Waals surface area contributed by atoms with Crippen LogP contribution in [0, 0.1) is 10.1 Å². The Hall–Kier alpha value is -2.61. The van der Waals surface area contributed by atoms with E-state index in [-0.39, 0.29) is 16.3 Å². The Morgan fingerprint density at radius 2 is 2.14 bits per heavy atom. The number of rotatable bonds is 5. The van der Waals surface area contributed by atoms with Crippen LogP contribution in [-0.4, -0.2) is 28.1 Å². The quantitative estimate of drug-likeness (QED) is 0.669. The lowest BCUT2D eigenvalue weighted by molar-refractivity contribution is -0.385. The minimum Gasteiger partial charge on any atom is -0.496 e. The Kier molecular flexibility index (Phi) is 4.39. The maximum atomic E-state index is 11.2. The molecule has 1 N–H and O–H groups in total. The highest BCUT2D eigenvalue weighted by Crippen LogP contribution is 2.36. The van der Waals surface area contributed by atoms with Crippen molar-refractivity contribution in [1.82, 2.24) is 4.98 Å². The van der Waals surface area contributed by atoms with Gasteiger partial charge in [0.05, 0.1) is 22.5 Å². The lowest BCUT2D eigenvalue weighted by Gasteiger charge is -2.08. The van der Waals surface area contributed by atoms with E-state index in [9.17, 15) is 14.9 Å². The average molecular weight is 306 g/mol. The van der Waals surface area contributed by atoms with E-state index in [0.717, 1.165) is 24.0 Å². The monoisotopic (exact) mass is 306 g/mol. The number of ether oxygens (including phenoxy) is 1. The third kappa shape index (κ3) is 3.29. The number of carbonyl (C=O) groups is 1. The first-order valence-corrected chi connectivity index (χ1v) is 6.53. The lowest BCUT2D eigenvalue weighted by Crippen LogP contribution is -2.03. The van der Waals surface area contributed by atoms with E-state index in [4.69, 9.17) is 9.84 Å². The number of hydrogen-bond acceptors (Lipinski definition) is 6. The van der Waals surface area contributed by atoms with Crippen LogP contribution in [0.1, 0.15) is 10.4 Å². The first-order chi connectivity index (χ1) is 10.0. The Bertz CT molecular complexity index is 705. The van der Waals surface area contributed by atoms with Gasteiger partial charge in [0.25, 0.3) is 5.69 Å². The predicted octanol–water partition coefficient (Wildman–Crippen LogP) is 2.85. The van der Waals surface area contributed by atoms with Crippen molar-refractivity contribution in [1.29, 1.82) is 0 Å². The minimum atomic E-state index is -1.27. The zero-order chi connectivity index (χ0) is 15.4. The number of hydrogen-bond donors (Lipinski definition) is 1. The van der Waals surface area contributed by atoms with Gasteiger partial charge in [-0.05, 0) is 12.1 Å². The van der Waals surface area contributed by atoms with E-state index >= 15 is 0 Å². The summed E-state index contributed by atoms with van der Waals surface area (Å²) in [5, 5.41) is 20.0. The van der Waals surface area contributed by atoms with Gasteiger partial charge < -0.3 is 9.84 Å². The smallest absolute Gasteiger partial charge is 0.338 e. The summed E-state index contributed by atoms with van der Waals surface area (Å²) in [6.07, 6.45) is 1.03. The van der Waals surface area contributed by atoms with Gasteiger partial charge in [-0.2, -0.15) is 0 Å². The highest BCUT2D eigenvalue weighted by Gasteiger charge is 2.19. The predicted molar refractivity (Wildman–Crippen MR) is 75.0 cm³/mol. The Morgan fingerprint density at radius 1 is 1.43 bits per heavy atom. The number of nitro groups is 1. The molecule has 1 aromatic heterocycles. The largest absolute Gasteiger partial charge is 0.496 e. The molecular weight excluding hydrogens is 296 g/mol. The van der Waals surface area contributed by atoms with Crippen molar-refractivity contribution in [2.24, 2.45) is 0 Å². The molecule has 0 unspecified atom stereocenters. The van der Waals surface area contributed by atoms with Crippen molar-refractivity contribution in [3.63, 3.8) is 0 Å². The van der Waals surface area contributed by atoms with Crippen LogP contribution in [0.5, 0.6) is 5.75 Å². The topological polar surface area (TPSA) is 103 Å². The molecular formula is C13H10N2O5S. The molecule has 0 bridgehead atoms. The third-order valence-electron chi connectivity index (χ3n) is 2.55. The van der Waals surface area contributed by atoms with Crippen LogP contribution in [0.4, 0.5) is 5.69 Å². The zero-order valence-electron chi connectivity index (χ0n) is 10.8. The summed E-state index contributed by atoms with van der Waals surface area (Å²) in [7, 11) is 1.50. The van der Waals surface area contributed by atoms with Crippen molar-refractivity contribution in [2.75, 3.05) is 7.11 Å². The van der Waals surface area contributed by atoms with Crippen LogP contribution < -0.4 is 4.74 Å². The van der Waals surface area contributed by atoms with Crippen LogP contribution in [0.3, 0.4) is 0 Å². The van der Waals surface area contributed by atoms with E-state index in [1.165, 1.54) is 7.11 Å². The molecule has 0 saturated carbocycles. The summed E-state index contributed by atoms with van der Waals surface area (Å²) in [6.45, 7) is 0. The zero-order valence-corrected chi connectivity index (χ0v) is 11.7. The second-order valence-electron chi connectivity index (χ2n) is 3.86. The average Bonchev–Trinajstić information content (AvgIpc) is 2.47. The number of nitrogens with zero attached hydrogens (tertiary/aromatic N) is 2. The number of carboxylic acids is 1. The van der Waals surface area contributed by atoms with Crippen LogP contribution in [0.2, 0.25) is 0 Å². The van der Waals surface area contributed by atoms with Crippen molar-refractivity contribution < 1.29 is 19.6 Å². The van der Waals surface area contributed by atoms with Gasteiger partial charge in [-0.15, -0.1) is 0 Å². The number of pyridine rings is 1. The molecule has 21 heavy (non-hydrogen) atoms. The van der Waals surface area contributed by atoms with Crippen molar-refractivity contribution in [2.45, 2.75) is 9.92 Å². The summed E-state index contributed by atoms with van der Waals surface area (Å²) in [5.74, 6) is -0.706. The number of benzene rings is 1. The van der Waals surface area contributed by atoms with Crippen LogP contribution in [0.15, 0.2) is 46.5 Å². The fourth-order valence-corrected chi connectivity index (χ4v) is 2.55. The molecule has 0 aliphatic carbocycles. The maximum absolute atomic E-state index is 11.2. The van der Waals surface area contributed by atoms with Gasteiger partial charge in [0, 0.05) is 6.07 Å². The lowest BCUT2D eigenvalue weighted by atomic mass is 10.3. The van der Waals surface area contributed by atoms with Crippen LogP contribution in [0.25, 0.3) is 0 Å². The van der Waals surface area contributed by atoms with Gasteiger partial charge >= 0.3 is 5.97 Å². The molecule has 0 radical (unpaired) electrons. The number of aromatic nitrogens is 1. The molecule has 2 rings (SSSR count). The molecule has 0 atom stereocenters. The molecule has 2 aromatic rings. The highest BCUT2D eigenvalue weighted by molar-refractivity contribution is 7.99. The Balaban J connectivity index is 2.44. The second kappa shape index (κ2) is 6.23. The summed E-state index contributed by atoms with van der Waals surface area (Å²) in [5.41, 5.74) is -0.586. The van der Waals surface area contributed by atoms with E-state index < -0.39 is 10.9 Å². The number of para-hydroxylation sites is 1. The molecule has 0 aliphatic rings. The van der Waals surface area contributed by atoms with Gasteiger partial charge in [0.2, 0.25) is 0 Å². The molecule has 0 fully saturated rings. The normalized spacial score (nSPS) is 10.1. The molecule has 0 amide bonds. The molecule has 1 heterocycles. The van der Waals surface area contributed by atoms with Gasteiger partial charge in [-0.3, -0.25) is 10.1 Å². The summed E-state index contributed by atoms with van der Waals surface area (Å²) in [6, 6.07) is 8.03. The van der Waals surface area contributed by atoms with E-state index in [2.05, 4.69) is 4.98 Å². The van der Waals surface area contributed by atoms with E-state index in [1.807, 2.05) is 0 Å². The molecule has 108 valence electrons. The van der Waals surface area contributed by atoms with Crippen molar-refractivity contribution in [3.8, 4) is 5.75 Å². The molecule has 7 nitrogen and oxygen atoms in total. The fraction of sp³-hybridized carbons (Fsp3) is 0.0769. The Labute approximate surface area is 123 Å². The van der Waals surface area contributed by atoms with Gasteiger partial charge in [0.1, 0.15) is 17.0 Å². The molecule has 0 spiro atoms. The first kappa shape index (κ1) is 14.8. The summed E-state index contributed by atoms with van der Waals surface area (Å²) in [4.78, 5) is 25.8. The number of carboxylic acid groups (broad SMARTS) is 1. The molecule has 1 aromatic carbocycles. The number of aromatic carboxylic acids is 1. The third-order valence-corrected chi connectivity index (χ3v) is 3.63. The van der Waals surface area contributed by atoms with Crippen molar-refractivity contribution >= 4 is 23.4 Å². The summed E-state index contributed by atoms with van der Waals surface area (Å²) >= 11 is 1.07. The maximum Gasteiger partial charge on any atom is 0.338 e. The minimum absolute atomic E-state index is 0.164. The van der Waals surface area contributed by atoms with E-state index in [0.29, 0.717) is 10.6 Å². The van der Waals surface area contributed by atoms with Gasteiger partial charge in [0.15, 0.2) is 0 Å². The molecule has 8 heteroatoms. The van der Waals surface area contributed by atoms with Crippen LogP contribution >= 0.6 is 11.8 Å². The van der Waals surface area contributed by atoms with Gasteiger partial charge in [-0.1, -0.05) is 23.9 Å². The van der Waals surface area contributed by atoms with Gasteiger partial charge in [-0.25, -0.2) is 9.78 Å².